The number of aromatic nitrogens is 4. The molecule has 2 aromatic rings. The van der Waals surface area contributed by atoms with Crippen molar-refractivity contribution in [3.05, 3.63) is 35.7 Å². The third-order valence-corrected chi connectivity index (χ3v) is 2.54. The van der Waals surface area contributed by atoms with Gasteiger partial charge in [-0.2, -0.15) is 0 Å². The molecule has 2 N–H and O–H groups in total. The highest BCUT2D eigenvalue weighted by Crippen LogP contribution is 2.13. The van der Waals surface area contributed by atoms with Crippen LogP contribution in [0.1, 0.15) is 41.8 Å². The van der Waals surface area contributed by atoms with E-state index in [0.29, 0.717) is 11.5 Å². The normalized spacial score (nSPS) is 10.7. The molecule has 0 unspecified atom stereocenters. The summed E-state index contributed by atoms with van der Waals surface area (Å²) in [5, 5.41) is 9.38. The molecule has 0 spiro atoms. The van der Waals surface area contributed by atoms with E-state index in [1.54, 1.807) is 12.4 Å². The van der Waals surface area contributed by atoms with Crippen LogP contribution in [-0.2, 0) is 0 Å². The number of rotatable bonds is 3. The topological polar surface area (TPSA) is 83.6 Å². The number of carbonyl (C=O) groups is 1. The van der Waals surface area contributed by atoms with Crippen molar-refractivity contribution in [1.29, 1.82) is 0 Å². The smallest absolute Gasteiger partial charge is 0.295 e. The second kappa shape index (κ2) is 4.95. The summed E-state index contributed by atoms with van der Waals surface area (Å²) >= 11 is 0. The van der Waals surface area contributed by atoms with Gasteiger partial charge in [-0.3, -0.25) is 14.9 Å². The molecule has 2 aromatic heterocycles. The maximum Gasteiger partial charge on any atom is 0.295 e. The van der Waals surface area contributed by atoms with Crippen molar-refractivity contribution in [2.45, 2.75) is 26.7 Å². The molecule has 0 saturated carbocycles. The first kappa shape index (κ1) is 12.2. The van der Waals surface area contributed by atoms with Gasteiger partial charge in [0.2, 0.25) is 5.82 Å². The van der Waals surface area contributed by atoms with Crippen LogP contribution in [0, 0.1) is 6.92 Å². The number of hydrogen-bond donors (Lipinski definition) is 2. The average molecular weight is 245 g/mol. The molecule has 0 radical (unpaired) electrons. The molecule has 18 heavy (non-hydrogen) atoms. The summed E-state index contributed by atoms with van der Waals surface area (Å²) in [7, 11) is 0. The Labute approximate surface area is 105 Å². The lowest BCUT2D eigenvalue weighted by Gasteiger charge is -2.04. The minimum atomic E-state index is -0.339. The van der Waals surface area contributed by atoms with E-state index in [2.05, 4.69) is 25.5 Å². The van der Waals surface area contributed by atoms with E-state index < -0.39 is 0 Å². The van der Waals surface area contributed by atoms with Crippen molar-refractivity contribution in [3.8, 4) is 0 Å². The fraction of sp³-hybridized carbons (Fsp3) is 0.333. The summed E-state index contributed by atoms with van der Waals surface area (Å²) in [5.74, 6) is 0.707. The van der Waals surface area contributed by atoms with E-state index in [9.17, 15) is 4.79 Å². The van der Waals surface area contributed by atoms with Gasteiger partial charge in [0.1, 0.15) is 5.82 Å². The Bertz CT molecular complexity index is 561. The molecule has 6 nitrogen and oxygen atoms in total. The number of aromatic amines is 1. The quantitative estimate of drug-likeness (QED) is 0.864. The van der Waals surface area contributed by atoms with Crippen LogP contribution in [-0.4, -0.2) is 26.1 Å². The van der Waals surface area contributed by atoms with Crippen LogP contribution >= 0.6 is 0 Å². The average Bonchev–Trinajstić information content (AvgIpc) is 2.81. The van der Waals surface area contributed by atoms with Gasteiger partial charge in [0.15, 0.2) is 0 Å². The van der Waals surface area contributed by atoms with Crippen molar-refractivity contribution in [1.82, 2.24) is 20.2 Å². The lowest BCUT2D eigenvalue weighted by Crippen LogP contribution is -2.14. The van der Waals surface area contributed by atoms with E-state index in [1.165, 1.54) is 0 Å². The van der Waals surface area contributed by atoms with Crippen LogP contribution in [0.15, 0.2) is 18.5 Å². The van der Waals surface area contributed by atoms with Crippen LogP contribution < -0.4 is 5.32 Å². The number of pyridine rings is 1. The third kappa shape index (κ3) is 2.53. The Morgan fingerprint density at radius 3 is 2.83 bits per heavy atom. The van der Waals surface area contributed by atoms with Crippen molar-refractivity contribution >= 4 is 11.6 Å². The van der Waals surface area contributed by atoms with Gasteiger partial charge in [-0.15, -0.1) is 5.10 Å². The largest absolute Gasteiger partial charge is 0.318 e. The van der Waals surface area contributed by atoms with Gasteiger partial charge < -0.3 is 5.32 Å². The Kier molecular flexibility index (Phi) is 3.36. The van der Waals surface area contributed by atoms with Crippen LogP contribution in [0.3, 0.4) is 0 Å². The summed E-state index contributed by atoms with van der Waals surface area (Å²) in [5.41, 5.74) is 1.61. The second-order valence-corrected chi connectivity index (χ2v) is 4.34. The van der Waals surface area contributed by atoms with Gasteiger partial charge in [-0.05, 0) is 18.6 Å². The van der Waals surface area contributed by atoms with Crippen molar-refractivity contribution < 1.29 is 4.79 Å². The maximum atomic E-state index is 11.9. The van der Waals surface area contributed by atoms with Gasteiger partial charge >= 0.3 is 0 Å². The SMILES string of the molecule is Cc1ccncc1NC(=O)c1n[nH]c(C(C)C)n1. The van der Waals surface area contributed by atoms with Crippen LogP contribution in [0.2, 0.25) is 0 Å². The van der Waals surface area contributed by atoms with Crippen LogP contribution in [0.25, 0.3) is 0 Å². The highest BCUT2D eigenvalue weighted by Gasteiger charge is 2.14. The third-order valence-electron chi connectivity index (χ3n) is 2.54. The molecule has 0 aliphatic heterocycles. The fourth-order valence-electron chi connectivity index (χ4n) is 1.41. The van der Waals surface area contributed by atoms with Crippen molar-refractivity contribution in [2.75, 3.05) is 5.32 Å². The van der Waals surface area contributed by atoms with Gasteiger partial charge in [0, 0.05) is 12.1 Å². The Balaban J connectivity index is 2.15. The lowest BCUT2D eigenvalue weighted by molar-refractivity contribution is 0.101. The number of hydrogen-bond acceptors (Lipinski definition) is 4. The predicted molar refractivity (Wildman–Crippen MR) is 67.4 cm³/mol. The van der Waals surface area contributed by atoms with E-state index in [-0.39, 0.29) is 17.6 Å². The minimum Gasteiger partial charge on any atom is -0.318 e. The molecular weight excluding hydrogens is 230 g/mol. The fourth-order valence-corrected chi connectivity index (χ4v) is 1.41. The molecule has 0 atom stereocenters. The number of amides is 1. The first-order valence-electron chi connectivity index (χ1n) is 5.72. The van der Waals surface area contributed by atoms with Gasteiger partial charge in [-0.1, -0.05) is 13.8 Å². The molecular formula is C12H15N5O. The zero-order valence-corrected chi connectivity index (χ0v) is 10.6. The molecule has 2 heterocycles. The van der Waals surface area contributed by atoms with E-state index in [0.717, 1.165) is 5.56 Å². The van der Waals surface area contributed by atoms with E-state index >= 15 is 0 Å². The number of aryl methyl sites for hydroxylation is 1. The summed E-state index contributed by atoms with van der Waals surface area (Å²) in [6, 6.07) is 1.83. The number of anilines is 1. The number of nitrogens with zero attached hydrogens (tertiary/aromatic N) is 3. The molecule has 2 rings (SSSR count). The maximum absolute atomic E-state index is 11.9. The molecule has 94 valence electrons. The molecule has 0 bridgehead atoms. The molecule has 0 fully saturated rings. The van der Waals surface area contributed by atoms with Gasteiger partial charge in [0.05, 0.1) is 11.9 Å². The lowest BCUT2D eigenvalue weighted by atomic mass is 10.2. The van der Waals surface area contributed by atoms with Crippen molar-refractivity contribution in [3.63, 3.8) is 0 Å². The standard InChI is InChI=1S/C12H15N5O/c1-7(2)10-15-11(17-16-10)12(18)14-9-6-13-5-4-8(9)3/h4-7H,1-3H3,(H,14,18)(H,15,16,17). The monoisotopic (exact) mass is 245 g/mol. The van der Waals surface area contributed by atoms with Gasteiger partial charge in [0.25, 0.3) is 5.91 Å². The molecule has 0 saturated heterocycles. The van der Waals surface area contributed by atoms with Crippen molar-refractivity contribution in [2.24, 2.45) is 0 Å². The van der Waals surface area contributed by atoms with Crippen LogP contribution in [0.4, 0.5) is 5.69 Å². The number of H-pyrrole nitrogens is 1. The zero-order chi connectivity index (χ0) is 13.1. The Hall–Kier alpha value is -2.24. The summed E-state index contributed by atoms with van der Waals surface area (Å²) in [4.78, 5) is 20.0. The highest BCUT2D eigenvalue weighted by molar-refractivity contribution is 6.01. The van der Waals surface area contributed by atoms with E-state index in [1.807, 2.05) is 26.8 Å². The molecule has 1 amide bonds. The van der Waals surface area contributed by atoms with Crippen LogP contribution in [0.5, 0.6) is 0 Å². The number of nitrogens with one attached hydrogen (secondary N) is 2. The Morgan fingerprint density at radius 2 is 2.22 bits per heavy atom. The first-order chi connectivity index (χ1) is 8.58. The van der Waals surface area contributed by atoms with Gasteiger partial charge in [-0.25, -0.2) is 4.98 Å². The van der Waals surface area contributed by atoms with E-state index in [4.69, 9.17) is 0 Å². The summed E-state index contributed by atoms with van der Waals surface area (Å²) in [6.45, 7) is 5.86. The zero-order valence-electron chi connectivity index (χ0n) is 10.6. The predicted octanol–water partition coefficient (Wildman–Crippen LogP) is 1.88. The molecule has 6 heteroatoms. The first-order valence-corrected chi connectivity index (χ1v) is 5.72. The Morgan fingerprint density at radius 1 is 1.44 bits per heavy atom. The molecule has 0 aliphatic carbocycles. The molecule has 0 aliphatic rings. The summed E-state index contributed by atoms with van der Waals surface area (Å²) < 4.78 is 0. The second-order valence-electron chi connectivity index (χ2n) is 4.34. The number of carbonyl (C=O) groups excluding carboxylic acids is 1. The minimum absolute atomic E-state index is 0.141. The highest BCUT2D eigenvalue weighted by atomic mass is 16.2. The summed E-state index contributed by atoms with van der Waals surface area (Å²) in [6.07, 6.45) is 3.28. The molecule has 0 aromatic carbocycles.